The second-order valence-corrected chi connectivity index (χ2v) is 7.33. The smallest absolute Gasteiger partial charge is 0.249 e. The van der Waals surface area contributed by atoms with Crippen LogP contribution in [0.2, 0.25) is 0 Å². The number of primary amides is 1. The number of fused-ring (bicyclic) bond motifs is 3. The van der Waals surface area contributed by atoms with Crippen molar-refractivity contribution in [2.75, 3.05) is 0 Å². The normalized spacial score (nSPS) is 11.1. The van der Waals surface area contributed by atoms with Crippen molar-refractivity contribution < 1.29 is 13.9 Å². The van der Waals surface area contributed by atoms with Crippen LogP contribution in [0.15, 0.2) is 91.0 Å². The average Bonchev–Trinajstić information content (AvgIpc) is 3.08. The molecule has 5 heteroatoms. The number of benzene rings is 4. The number of nitrogens with zero attached hydrogens (tertiary/aromatic N) is 1. The lowest BCUT2D eigenvalue weighted by Crippen LogP contribution is -2.11. The highest BCUT2D eigenvalue weighted by Crippen LogP contribution is 2.34. The summed E-state index contributed by atoms with van der Waals surface area (Å²) < 4.78 is 22.3. The number of nitrogens with two attached hydrogens (primary N) is 1. The number of hydrogen-bond acceptors (Lipinski definition) is 2. The van der Waals surface area contributed by atoms with Crippen molar-refractivity contribution in [3.63, 3.8) is 0 Å². The summed E-state index contributed by atoms with van der Waals surface area (Å²) in [5.74, 6) is 0.576. The third kappa shape index (κ3) is 3.40. The number of rotatable bonds is 5. The Hall–Kier alpha value is -4.12. The maximum Gasteiger partial charge on any atom is 0.249 e. The van der Waals surface area contributed by atoms with Crippen LogP contribution in [-0.2, 0) is 6.54 Å². The van der Waals surface area contributed by atoms with Gasteiger partial charge in [0.2, 0.25) is 5.91 Å². The zero-order chi connectivity index (χ0) is 21.4. The average molecular weight is 410 g/mol. The van der Waals surface area contributed by atoms with Gasteiger partial charge < -0.3 is 15.0 Å². The molecule has 0 radical (unpaired) electrons. The molecule has 152 valence electrons. The predicted molar refractivity (Wildman–Crippen MR) is 120 cm³/mol. The Kier molecular flexibility index (Phi) is 4.64. The summed E-state index contributed by atoms with van der Waals surface area (Å²) in [6.45, 7) is 0.483. The first kappa shape index (κ1) is 18.9. The molecule has 31 heavy (non-hydrogen) atoms. The van der Waals surface area contributed by atoms with Crippen molar-refractivity contribution >= 4 is 27.7 Å². The van der Waals surface area contributed by atoms with Crippen LogP contribution in [0, 0.1) is 5.82 Å². The molecule has 0 unspecified atom stereocenters. The number of hydrogen-bond donors (Lipinski definition) is 1. The highest BCUT2D eigenvalue weighted by Gasteiger charge is 2.18. The molecule has 0 aliphatic rings. The summed E-state index contributed by atoms with van der Waals surface area (Å²) in [4.78, 5) is 12.1. The van der Waals surface area contributed by atoms with E-state index in [0.29, 0.717) is 22.9 Å². The number of para-hydroxylation sites is 2. The van der Waals surface area contributed by atoms with E-state index in [1.54, 1.807) is 18.2 Å². The lowest BCUT2D eigenvalue weighted by molar-refractivity contribution is 0.100. The summed E-state index contributed by atoms with van der Waals surface area (Å²) >= 11 is 0. The van der Waals surface area contributed by atoms with Gasteiger partial charge in [-0.3, -0.25) is 4.79 Å². The zero-order valence-corrected chi connectivity index (χ0v) is 16.6. The first-order chi connectivity index (χ1) is 15.1. The highest BCUT2D eigenvalue weighted by molar-refractivity contribution is 6.17. The zero-order valence-electron chi connectivity index (χ0n) is 16.6. The SMILES string of the molecule is NC(=O)c1cccc2c1c1cc(F)ccc1n2Cc1ccccc1Oc1ccccc1. The van der Waals surface area contributed by atoms with E-state index in [4.69, 9.17) is 10.5 Å². The van der Waals surface area contributed by atoms with E-state index in [2.05, 4.69) is 4.57 Å². The largest absolute Gasteiger partial charge is 0.457 e. The third-order valence-corrected chi connectivity index (χ3v) is 5.39. The van der Waals surface area contributed by atoms with Gasteiger partial charge in [-0.1, -0.05) is 42.5 Å². The lowest BCUT2D eigenvalue weighted by Gasteiger charge is -2.13. The molecule has 1 aromatic heterocycles. The molecular weight excluding hydrogens is 391 g/mol. The van der Waals surface area contributed by atoms with Gasteiger partial charge >= 0.3 is 0 Å². The van der Waals surface area contributed by atoms with Gasteiger partial charge in [0.1, 0.15) is 17.3 Å². The van der Waals surface area contributed by atoms with Gasteiger partial charge in [-0.05, 0) is 48.5 Å². The summed E-state index contributed by atoms with van der Waals surface area (Å²) in [6, 6.07) is 27.4. The second-order valence-electron chi connectivity index (χ2n) is 7.33. The maximum absolute atomic E-state index is 14.1. The molecule has 4 aromatic carbocycles. The number of halogens is 1. The second kappa shape index (κ2) is 7.61. The van der Waals surface area contributed by atoms with Gasteiger partial charge in [0.15, 0.2) is 0 Å². The molecule has 1 heterocycles. The minimum atomic E-state index is -0.540. The van der Waals surface area contributed by atoms with Crippen LogP contribution < -0.4 is 10.5 Å². The van der Waals surface area contributed by atoms with Crippen LogP contribution >= 0.6 is 0 Å². The monoisotopic (exact) mass is 410 g/mol. The number of carbonyl (C=O) groups excluding carboxylic acids is 1. The molecule has 1 amide bonds. The van der Waals surface area contributed by atoms with E-state index < -0.39 is 5.91 Å². The van der Waals surface area contributed by atoms with Crippen molar-refractivity contribution in [1.82, 2.24) is 4.57 Å². The molecule has 0 aliphatic carbocycles. The van der Waals surface area contributed by atoms with E-state index in [1.165, 1.54) is 12.1 Å². The van der Waals surface area contributed by atoms with Crippen LogP contribution in [0.4, 0.5) is 4.39 Å². The van der Waals surface area contributed by atoms with E-state index in [-0.39, 0.29) is 5.82 Å². The van der Waals surface area contributed by atoms with Crippen LogP contribution in [0.25, 0.3) is 21.8 Å². The first-order valence-corrected chi connectivity index (χ1v) is 9.93. The molecule has 0 bridgehead atoms. The summed E-state index contributed by atoms with van der Waals surface area (Å²) in [7, 11) is 0. The summed E-state index contributed by atoms with van der Waals surface area (Å²) in [5, 5.41) is 1.32. The number of aromatic nitrogens is 1. The first-order valence-electron chi connectivity index (χ1n) is 9.93. The van der Waals surface area contributed by atoms with Gasteiger partial charge in [-0.25, -0.2) is 4.39 Å². The highest BCUT2D eigenvalue weighted by atomic mass is 19.1. The van der Waals surface area contributed by atoms with Gasteiger partial charge in [0.25, 0.3) is 0 Å². The summed E-state index contributed by atoms with van der Waals surface area (Å²) in [6.07, 6.45) is 0. The number of carbonyl (C=O) groups is 1. The van der Waals surface area contributed by atoms with E-state index in [9.17, 15) is 9.18 Å². The molecule has 4 nitrogen and oxygen atoms in total. The Balaban J connectivity index is 1.69. The van der Waals surface area contributed by atoms with Crippen LogP contribution in [0.5, 0.6) is 11.5 Å². The molecular formula is C26H19FN2O2. The Morgan fingerprint density at radius 1 is 0.871 bits per heavy atom. The molecule has 0 atom stereocenters. The van der Waals surface area contributed by atoms with Crippen LogP contribution in [0.1, 0.15) is 15.9 Å². The molecule has 5 aromatic rings. The topological polar surface area (TPSA) is 57.2 Å². The molecule has 0 fully saturated rings. The van der Waals surface area contributed by atoms with E-state index in [0.717, 1.165) is 28.1 Å². The van der Waals surface area contributed by atoms with E-state index in [1.807, 2.05) is 60.7 Å². The van der Waals surface area contributed by atoms with Crippen molar-refractivity contribution in [3.8, 4) is 11.5 Å². The fraction of sp³-hybridized carbons (Fsp3) is 0.0385. The van der Waals surface area contributed by atoms with E-state index >= 15 is 0 Å². The predicted octanol–water partition coefficient (Wildman–Crippen LogP) is 5.87. The molecule has 2 N–H and O–H groups in total. The maximum atomic E-state index is 14.1. The van der Waals surface area contributed by atoms with Crippen molar-refractivity contribution in [2.45, 2.75) is 6.54 Å². The van der Waals surface area contributed by atoms with Crippen LogP contribution in [0.3, 0.4) is 0 Å². The standard InChI is InChI=1S/C26H19FN2O2/c27-18-13-14-22-21(15-18)25-20(26(28)30)10-6-11-23(25)29(22)16-17-7-4-5-12-24(17)31-19-8-2-1-3-9-19/h1-15H,16H2,(H2,28,30). The molecule has 0 spiro atoms. The van der Waals surface area contributed by atoms with Crippen molar-refractivity contribution in [3.05, 3.63) is 108 Å². The van der Waals surface area contributed by atoms with Crippen LogP contribution in [-0.4, -0.2) is 10.5 Å². The Bertz CT molecular complexity index is 1420. The van der Waals surface area contributed by atoms with Crippen molar-refractivity contribution in [2.24, 2.45) is 5.73 Å². The van der Waals surface area contributed by atoms with Gasteiger partial charge in [0.05, 0.1) is 12.1 Å². The summed E-state index contributed by atoms with van der Waals surface area (Å²) in [5.41, 5.74) is 8.58. The third-order valence-electron chi connectivity index (χ3n) is 5.39. The fourth-order valence-corrected chi connectivity index (χ4v) is 4.02. The Morgan fingerprint density at radius 2 is 1.65 bits per heavy atom. The molecule has 0 saturated carbocycles. The Labute approximate surface area is 178 Å². The minimum absolute atomic E-state index is 0.362. The number of ether oxygens (including phenoxy) is 1. The molecule has 5 rings (SSSR count). The van der Waals surface area contributed by atoms with Gasteiger partial charge in [-0.15, -0.1) is 0 Å². The minimum Gasteiger partial charge on any atom is -0.457 e. The van der Waals surface area contributed by atoms with Gasteiger partial charge in [0, 0.05) is 27.4 Å². The molecule has 0 saturated heterocycles. The molecule has 0 aliphatic heterocycles. The number of amides is 1. The Morgan fingerprint density at radius 3 is 2.45 bits per heavy atom. The lowest BCUT2D eigenvalue weighted by atomic mass is 10.1. The van der Waals surface area contributed by atoms with Crippen molar-refractivity contribution in [1.29, 1.82) is 0 Å². The van der Waals surface area contributed by atoms with Gasteiger partial charge in [-0.2, -0.15) is 0 Å². The quantitative estimate of drug-likeness (QED) is 0.394. The fourth-order valence-electron chi connectivity index (χ4n) is 4.02.